The van der Waals surface area contributed by atoms with Gasteiger partial charge in [-0.2, -0.15) is 0 Å². The summed E-state index contributed by atoms with van der Waals surface area (Å²) in [5.41, 5.74) is 9.98. The van der Waals surface area contributed by atoms with Crippen LogP contribution in [0.4, 0.5) is 0 Å². The maximum atomic E-state index is 2.42. The van der Waals surface area contributed by atoms with E-state index in [2.05, 4.69) is 182 Å². The van der Waals surface area contributed by atoms with E-state index in [-0.39, 0.29) is 0 Å². The van der Waals surface area contributed by atoms with Crippen molar-refractivity contribution in [3.8, 4) is 44.5 Å². The molecule has 0 amide bonds. The van der Waals surface area contributed by atoms with Gasteiger partial charge in [0.05, 0.1) is 0 Å². The molecule has 0 aliphatic heterocycles. The van der Waals surface area contributed by atoms with Gasteiger partial charge in [-0.3, -0.25) is 0 Å². The number of thiophene rings is 1. The van der Waals surface area contributed by atoms with Crippen LogP contribution in [0.5, 0.6) is 0 Å². The maximum absolute atomic E-state index is 2.42. The predicted molar refractivity (Wildman–Crippen MR) is 214 cm³/mol. The lowest BCUT2D eigenvalue weighted by Crippen LogP contribution is -1.94. The molecule has 1 heterocycles. The summed E-state index contributed by atoms with van der Waals surface area (Å²) in [5, 5.41) is 10.2. The van der Waals surface area contributed by atoms with Crippen molar-refractivity contribution < 1.29 is 0 Å². The molecule has 0 unspecified atom stereocenters. The molecule has 1 heteroatoms. The average Bonchev–Trinajstić information content (AvgIpc) is 3.55. The molecule has 10 rings (SSSR count). The molecule has 0 saturated heterocycles. The minimum atomic E-state index is 1.22. The van der Waals surface area contributed by atoms with Crippen LogP contribution in [-0.2, 0) is 0 Å². The lowest BCUT2D eigenvalue weighted by molar-refractivity contribution is 1.61. The van der Waals surface area contributed by atoms with E-state index < -0.39 is 0 Å². The van der Waals surface area contributed by atoms with E-state index >= 15 is 0 Å². The van der Waals surface area contributed by atoms with Gasteiger partial charge in [0.15, 0.2) is 0 Å². The van der Waals surface area contributed by atoms with Gasteiger partial charge in [0.1, 0.15) is 0 Å². The molecule has 0 N–H and O–H groups in total. The van der Waals surface area contributed by atoms with E-state index in [0.717, 1.165) is 0 Å². The Balaban J connectivity index is 1.36. The molecule has 0 radical (unpaired) electrons. The van der Waals surface area contributed by atoms with Crippen molar-refractivity contribution in [1.82, 2.24) is 0 Å². The summed E-state index contributed by atoms with van der Waals surface area (Å²) >= 11 is 1.87. The smallest absolute Gasteiger partial charge is 0.0355 e. The number of hydrogen-bond acceptors (Lipinski definition) is 1. The Morgan fingerprint density at radius 1 is 0.286 bits per heavy atom. The van der Waals surface area contributed by atoms with Crippen LogP contribution < -0.4 is 0 Å². The molecule has 0 saturated carbocycles. The largest absolute Gasteiger partial charge is 0.135 e. The van der Waals surface area contributed by atoms with Crippen molar-refractivity contribution in [3.05, 3.63) is 182 Å². The van der Waals surface area contributed by atoms with Crippen molar-refractivity contribution >= 4 is 63.8 Å². The number of benzene rings is 9. The first-order chi connectivity index (χ1) is 24.3. The Bertz CT molecular complexity index is 2870. The monoisotopic (exact) mass is 638 g/mol. The summed E-state index contributed by atoms with van der Waals surface area (Å²) in [5.74, 6) is 0. The molecule has 0 aliphatic carbocycles. The second kappa shape index (κ2) is 11.3. The van der Waals surface area contributed by atoms with Gasteiger partial charge in [0.25, 0.3) is 0 Å². The van der Waals surface area contributed by atoms with E-state index in [0.29, 0.717) is 0 Å². The first kappa shape index (κ1) is 28.0. The molecular formula is C48H30S. The zero-order chi connectivity index (χ0) is 32.3. The van der Waals surface area contributed by atoms with Crippen LogP contribution in [0, 0.1) is 0 Å². The fraction of sp³-hybridized carbons (Fsp3) is 0. The van der Waals surface area contributed by atoms with Gasteiger partial charge in [0, 0.05) is 20.2 Å². The highest BCUT2D eigenvalue weighted by Crippen LogP contribution is 2.49. The Morgan fingerprint density at radius 2 is 0.878 bits per heavy atom. The second-order valence-electron chi connectivity index (χ2n) is 12.8. The fourth-order valence-corrected chi connectivity index (χ4v) is 8.97. The van der Waals surface area contributed by atoms with Crippen LogP contribution in [0.1, 0.15) is 0 Å². The molecule has 0 aliphatic rings. The molecular weight excluding hydrogens is 609 g/mol. The number of rotatable bonds is 4. The highest BCUT2D eigenvalue weighted by Gasteiger charge is 2.21. The molecule has 1 aromatic heterocycles. The number of hydrogen-bond donors (Lipinski definition) is 0. The first-order valence-corrected chi connectivity index (χ1v) is 17.7. The average molecular weight is 639 g/mol. The quantitative estimate of drug-likeness (QED) is 0.168. The molecule has 228 valence electrons. The topological polar surface area (TPSA) is 0 Å². The van der Waals surface area contributed by atoms with Crippen molar-refractivity contribution in [2.45, 2.75) is 0 Å². The summed E-state index contributed by atoms with van der Waals surface area (Å²) in [4.78, 5) is 0. The molecule has 10 aromatic rings. The fourth-order valence-electron chi connectivity index (χ4n) is 7.88. The van der Waals surface area contributed by atoms with Gasteiger partial charge >= 0.3 is 0 Å². The SMILES string of the molecule is c1ccc(-c2cccc(-c3c4ccccc4c(-c4cccc5ccccc45)c4cccc(-c5ccc6sc7ccccc7c6c5)c34)c2)cc1. The zero-order valence-corrected chi connectivity index (χ0v) is 27.5. The number of fused-ring (bicyclic) bond motifs is 6. The summed E-state index contributed by atoms with van der Waals surface area (Å²) < 4.78 is 2.65. The van der Waals surface area contributed by atoms with Crippen LogP contribution in [0.2, 0.25) is 0 Å². The molecule has 9 aromatic carbocycles. The zero-order valence-electron chi connectivity index (χ0n) is 26.7. The van der Waals surface area contributed by atoms with Gasteiger partial charge < -0.3 is 0 Å². The molecule has 0 atom stereocenters. The molecule has 0 nitrogen and oxygen atoms in total. The summed E-state index contributed by atoms with van der Waals surface area (Å²) in [6, 6.07) is 67.1. The van der Waals surface area contributed by atoms with Gasteiger partial charge in [-0.1, -0.05) is 158 Å². The molecule has 0 bridgehead atoms. The molecule has 49 heavy (non-hydrogen) atoms. The van der Waals surface area contributed by atoms with Gasteiger partial charge in [-0.25, -0.2) is 0 Å². The van der Waals surface area contributed by atoms with Crippen molar-refractivity contribution in [2.75, 3.05) is 0 Å². The first-order valence-electron chi connectivity index (χ1n) is 16.8. The van der Waals surface area contributed by atoms with Crippen LogP contribution in [0.25, 0.3) is 97.0 Å². The Labute approximate surface area is 289 Å². The Hall–Kier alpha value is -6.02. The Kier molecular flexibility index (Phi) is 6.47. The normalized spacial score (nSPS) is 11.7. The third-order valence-electron chi connectivity index (χ3n) is 10.1. The molecule has 0 spiro atoms. The van der Waals surface area contributed by atoms with Crippen molar-refractivity contribution in [1.29, 1.82) is 0 Å². The highest BCUT2D eigenvalue weighted by atomic mass is 32.1. The van der Waals surface area contributed by atoms with E-state index in [9.17, 15) is 0 Å². The lowest BCUT2D eigenvalue weighted by Gasteiger charge is -2.21. The minimum Gasteiger partial charge on any atom is -0.135 e. The van der Waals surface area contributed by atoms with Crippen molar-refractivity contribution in [2.24, 2.45) is 0 Å². The van der Waals surface area contributed by atoms with E-state index in [1.165, 1.54) is 97.0 Å². The lowest BCUT2D eigenvalue weighted by atomic mass is 9.82. The summed E-state index contributed by atoms with van der Waals surface area (Å²) in [6.07, 6.45) is 0. The van der Waals surface area contributed by atoms with Crippen LogP contribution in [-0.4, -0.2) is 0 Å². The van der Waals surface area contributed by atoms with Gasteiger partial charge in [-0.05, 0) is 101 Å². The molecule has 0 fully saturated rings. The standard InChI is InChI=1S/C48H30S/c1-2-13-31(14-3-1)33-17-10-18-35(29-33)46-40-21-6-7-22-41(40)47(39-24-11-16-32-15-4-5-19-36(32)39)42-25-12-23-37(48(42)46)34-27-28-45-43(30-34)38-20-8-9-26-44(38)49-45/h1-30H. The van der Waals surface area contributed by atoms with Crippen LogP contribution in [0.15, 0.2) is 182 Å². The van der Waals surface area contributed by atoms with E-state index in [4.69, 9.17) is 0 Å². The van der Waals surface area contributed by atoms with E-state index in [1.807, 2.05) is 11.3 Å². The summed E-state index contributed by atoms with van der Waals surface area (Å²) in [7, 11) is 0. The predicted octanol–water partition coefficient (Wildman–Crippen LogP) is 14.2. The summed E-state index contributed by atoms with van der Waals surface area (Å²) in [6.45, 7) is 0. The van der Waals surface area contributed by atoms with Crippen LogP contribution in [0.3, 0.4) is 0 Å². The Morgan fingerprint density at radius 3 is 1.76 bits per heavy atom. The highest BCUT2D eigenvalue weighted by molar-refractivity contribution is 7.25. The minimum absolute atomic E-state index is 1.22. The van der Waals surface area contributed by atoms with Gasteiger partial charge in [0.2, 0.25) is 0 Å². The maximum Gasteiger partial charge on any atom is 0.0355 e. The second-order valence-corrected chi connectivity index (χ2v) is 13.9. The van der Waals surface area contributed by atoms with Crippen molar-refractivity contribution in [3.63, 3.8) is 0 Å². The third-order valence-corrected chi connectivity index (χ3v) is 11.2. The van der Waals surface area contributed by atoms with E-state index in [1.54, 1.807) is 0 Å². The van der Waals surface area contributed by atoms with Gasteiger partial charge in [-0.15, -0.1) is 11.3 Å². The third kappa shape index (κ3) is 4.51. The van der Waals surface area contributed by atoms with Crippen LogP contribution >= 0.6 is 11.3 Å².